The average Bonchev–Trinajstić information content (AvgIpc) is 2.46. The van der Waals surface area contributed by atoms with Gasteiger partial charge in [0.15, 0.2) is 24.0 Å². The Balaban J connectivity index is 0.00000312. The third-order valence-electron chi connectivity index (χ3n) is 3.17. The molecule has 1 aromatic heterocycles. The molecule has 0 unspecified atom stereocenters. The van der Waals surface area contributed by atoms with Gasteiger partial charge in [0.25, 0.3) is 0 Å². The molecule has 136 valence electrons. The fourth-order valence-corrected chi connectivity index (χ4v) is 2.10. The van der Waals surface area contributed by atoms with Crippen LogP contribution in [0.25, 0.3) is 0 Å². The van der Waals surface area contributed by atoms with Crippen molar-refractivity contribution in [1.82, 2.24) is 0 Å². The Kier molecular flexibility index (Phi) is 7.55. The molecule has 0 bridgehead atoms. The van der Waals surface area contributed by atoms with Gasteiger partial charge >= 0.3 is 5.97 Å². The van der Waals surface area contributed by atoms with E-state index in [1.54, 1.807) is 29.1 Å². The largest absolute Gasteiger partial charge is 1.00 e. The molecule has 0 aliphatic heterocycles. The number of nitrogens with zero attached hydrogens (tertiary/aromatic N) is 1. The first-order chi connectivity index (χ1) is 11.2. The zero-order valence-corrected chi connectivity index (χ0v) is 16.5. The van der Waals surface area contributed by atoms with Crippen LogP contribution in [-0.4, -0.2) is 11.6 Å². The average molecular weight is 412 g/mol. The van der Waals surface area contributed by atoms with Gasteiger partial charge < -0.3 is 26.5 Å². The molecule has 0 spiro atoms. The molecule has 0 saturated carbocycles. The van der Waals surface area contributed by atoms with Crippen LogP contribution in [0.4, 0.5) is 4.39 Å². The third-order valence-corrected chi connectivity index (χ3v) is 3.17. The summed E-state index contributed by atoms with van der Waals surface area (Å²) in [6.07, 6.45) is 3.54. The maximum Gasteiger partial charge on any atom is 0.373 e. The summed E-state index contributed by atoms with van der Waals surface area (Å²) >= 11 is 0. The van der Waals surface area contributed by atoms with Crippen molar-refractivity contribution in [3.8, 4) is 5.75 Å². The number of carbonyl (C=O) groups is 1. The molecule has 6 heteroatoms. The molecule has 2 aromatic rings. The number of rotatable bonds is 5. The van der Waals surface area contributed by atoms with Gasteiger partial charge in [-0.05, 0) is 45.4 Å². The van der Waals surface area contributed by atoms with Crippen LogP contribution >= 0.6 is 0 Å². The Morgan fingerprint density at radius 1 is 1.16 bits per heavy atom. The minimum atomic E-state index is -0.496. The van der Waals surface area contributed by atoms with E-state index in [1.165, 1.54) is 6.07 Å². The molecule has 25 heavy (non-hydrogen) atoms. The summed E-state index contributed by atoms with van der Waals surface area (Å²) in [5, 5.41) is 0. The number of aromatic nitrogens is 1. The van der Waals surface area contributed by atoms with Crippen LogP contribution in [0.5, 0.6) is 5.75 Å². The molecule has 1 heterocycles. The van der Waals surface area contributed by atoms with Crippen molar-refractivity contribution in [2.75, 3.05) is 0 Å². The lowest BCUT2D eigenvalue weighted by Crippen LogP contribution is -3.00. The lowest BCUT2D eigenvalue weighted by molar-refractivity contribution is -0.686. The van der Waals surface area contributed by atoms with Crippen LogP contribution < -0.4 is 26.3 Å². The minimum Gasteiger partial charge on any atom is -1.00 e. The molecule has 0 saturated heterocycles. The van der Waals surface area contributed by atoms with Crippen LogP contribution in [0.2, 0.25) is 0 Å². The molecule has 0 fully saturated rings. The lowest BCUT2D eigenvalue weighted by atomic mass is 10.2. The summed E-state index contributed by atoms with van der Waals surface area (Å²) in [6, 6.07) is 8.52. The zero-order valence-electron chi connectivity index (χ0n) is 14.9. The van der Waals surface area contributed by atoms with Crippen LogP contribution in [0.1, 0.15) is 31.9 Å². The first kappa shape index (κ1) is 21.1. The number of halogens is 2. The first-order valence-corrected chi connectivity index (χ1v) is 7.82. The predicted molar refractivity (Wildman–Crippen MR) is 88.0 cm³/mol. The standard InChI is InChI=1S/C19H23FNO3.BrH/c1-14-5-6-17(16(20)11-14)23-13-15-7-9-21(10-8-15)12-18(22)24-19(2,3)4;/h5-11H,12-13H2,1-4H3;1H/q+1;/p-1. The zero-order chi connectivity index (χ0) is 17.7. The van der Waals surface area contributed by atoms with Crippen LogP contribution in [0.3, 0.4) is 0 Å². The molecule has 0 atom stereocenters. The summed E-state index contributed by atoms with van der Waals surface area (Å²) in [6.45, 7) is 7.73. The Labute approximate surface area is 158 Å². The lowest BCUT2D eigenvalue weighted by Gasteiger charge is -2.18. The number of aryl methyl sites for hydroxylation is 1. The van der Waals surface area contributed by atoms with Gasteiger partial charge in [-0.1, -0.05) is 6.07 Å². The van der Waals surface area contributed by atoms with Gasteiger partial charge in [-0.2, -0.15) is 4.57 Å². The van der Waals surface area contributed by atoms with Crippen molar-refractivity contribution < 1.29 is 40.2 Å². The van der Waals surface area contributed by atoms with Gasteiger partial charge in [0.2, 0.25) is 6.54 Å². The van der Waals surface area contributed by atoms with Crippen molar-refractivity contribution in [2.24, 2.45) is 0 Å². The normalized spacial score (nSPS) is 10.8. The molecule has 0 N–H and O–H groups in total. The monoisotopic (exact) mass is 411 g/mol. The maximum absolute atomic E-state index is 13.7. The minimum absolute atomic E-state index is 0. The van der Waals surface area contributed by atoms with Crippen molar-refractivity contribution in [3.05, 3.63) is 59.7 Å². The quantitative estimate of drug-likeness (QED) is 0.526. The van der Waals surface area contributed by atoms with E-state index in [0.29, 0.717) is 0 Å². The second kappa shape index (κ2) is 8.94. The van der Waals surface area contributed by atoms with E-state index in [9.17, 15) is 9.18 Å². The smallest absolute Gasteiger partial charge is 0.373 e. The third kappa shape index (κ3) is 7.22. The molecule has 0 amide bonds. The van der Waals surface area contributed by atoms with Crippen molar-refractivity contribution >= 4 is 5.97 Å². The fraction of sp³-hybridized carbons (Fsp3) is 0.368. The second-order valence-electron chi connectivity index (χ2n) is 6.69. The van der Waals surface area contributed by atoms with E-state index in [-0.39, 0.29) is 47.7 Å². The van der Waals surface area contributed by atoms with Crippen molar-refractivity contribution in [2.45, 2.75) is 46.4 Å². The van der Waals surface area contributed by atoms with E-state index < -0.39 is 5.60 Å². The number of carbonyl (C=O) groups excluding carboxylic acids is 1. The number of hydrogen-bond acceptors (Lipinski definition) is 3. The van der Waals surface area contributed by atoms with Gasteiger partial charge in [0.1, 0.15) is 12.2 Å². The highest BCUT2D eigenvalue weighted by atomic mass is 79.9. The molecular formula is C19H23BrFNO3. The molecule has 1 aromatic carbocycles. The number of hydrogen-bond donors (Lipinski definition) is 0. The Bertz CT molecular complexity index is 712. The van der Waals surface area contributed by atoms with Gasteiger partial charge in [-0.25, -0.2) is 9.18 Å². The van der Waals surface area contributed by atoms with E-state index >= 15 is 0 Å². The molecule has 4 nitrogen and oxygen atoms in total. The van der Waals surface area contributed by atoms with E-state index in [4.69, 9.17) is 9.47 Å². The van der Waals surface area contributed by atoms with Crippen LogP contribution in [-0.2, 0) is 22.7 Å². The first-order valence-electron chi connectivity index (χ1n) is 7.82. The number of pyridine rings is 1. The molecule has 0 aliphatic carbocycles. The van der Waals surface area contributed by atoms with Gasteiger partial charge in [-0.15, -0.1) is 0 Å². The highest BCUT2D eigenvalue weighted by Gasteiger charge is 2.19. The Hall–Kier alpha value is -1.95. The van der Waals surface area contributed by atoms with Crippen LogP contribution in [0.15, 0.2) is 42.7 Å². The second-order valence-corrected chi connectivity index (χ2v) is 6.69. The summed E-state index contributed by atoms with van der Waals surface area (Å²) in [5.41, 5.74) is 1.24. The van der Waals surface area contributed by atoms with Crippen molar-refractivity contribution in [3.63, 3.8) is 0 Å². The highest BCUT2D eigenvalue weighted by molar-refractivity contribution is 5.68. The maximum atomic E-state index is 13.7. The van der Waals surface area contributed by atoms with E-state index in [0.717, 1.165) is 11.1 Å². The number of esters is 1. The predicted octanol–water partition coefficient (Wildman–Crippen LogP) is 0.346. The number of ether oxygens (including phenoxy) is 2. The fourth-order valence-electron chi connectivity index (χ4n) is 2.10. The molecule has 0 aliphatic rings. The molecular weight excluding hydrogens is 389 g/mol. The van der Waals surface area contributed by atoms with Gasteiger partial charge in [0.05, 0.1) is 0 Å². The Morgan fingerprint density at radius 2 is 1.80 bits per heavy atom. The van der Waals surface area contributed by atoms with Gasteiger partial charge in [0, 0.05) is 17.7 Å². The number of benzene rings is 1. The molecule has 2 rings (SSSR count). The van der Waals surface area contributed by atoms with E-state index in [1.807, 2.05) is 39.8 Å². The van der Waals surface area contributed by atoms with E-state index in [2.05, 4.69) is 0 Å². The summed E-state index contributed by atoms with van der Waals surface area (Å²) in [4.78, 5) is 11.8. The Morgan fingerprint density at radius 3 is 2.36 bits per heavy atom. The summed E-state index contributed by atoms with van der Waals surface area (Å²) < 4.78 is 26.2. The highest BCUT2D eigenvalue weighted by Crippen LogP contribution is 2.19. The topological polar surface area (TPSA) is 39.4 Å². The SMILES string of the molecule is Cc1ccc(OCc2cc[n+](CC(=O)OC(C)(C)C)cc2)c(F)c1.[Br-]. The molecule has 0 radical (unpaired) electrons. The van der Waals surface area contributed by atoms with Gasteiger partial charge in [-0.3, -0.25) is 0 Å². The van der Waals surface area contributed by atoms with Crippen LogP contribution in [0, 0.1) is 12.7 Å². The summed E-state index contributed by atoms with van der Waals surface area (Å²) in [7, 11) is 0. The summed E-state index contributed by atoms with van der Waals surface area (Å²) in [5.74, 6) is -0.435. The van der Waals surface area contributed by atoms with Crippen molar-refractivity contribution in [1.29, 1.82) is 0 Å².